The minimum absolute atomic E-state index is 0.109. The van der Waals surface area contributed by atoms with Gasteiger partial charge in [0.25, 0.3) is 0 Å². The molecule has 1 unspecified atom stereocenters. The Hall–Kier alpha value is -2.12. The third-order valence-electron chi connectivity index (χ3n) is 3.50. The van der Waals surface area contributed by atoms with E-state index < -0.39 is 5.54 Å². The molecule has 1 fully saturated rings. The fraction of sp³-hybridized carbons (Fsp3) is 0.500. The van der Waals surface area contributed by atoms with Crippen molar-refractivity contribution in [1.82, 2.24) is 5.32 Å². The number of benzene rings is 1. The quantitative estimate of drug-likeness (QED) is 0.662. The number of amides is 3. The first kappa shape index (κ1) is 17.2. The fourth-order valence-corrected chi connectivity index (χ4v) is 2.12. The van der Waals surface area contributed by atoms with E-state index in [0.29, 0.717) is 17.9 Å². The molecule has 0 aromatic heterocycles. The Morgan fingerprint density at radius 1 is 1.22 bits per heavy atom. The van der Waals surface area contributed by atoms with Crippen LogP contribution in [0.15, 0.2) is 24.3 Å². The largest absolute Gasteiger partial charge is 0.376 e. The van der Waals surface area contributed by atoms with Crippen LogP contribution >= 0.6 is 0 Å². The highest BCUT2D eigenvalue weighted by Crippen LogP contribution is 2.15. The summed E-state index contributed by atoms with van der Waals surface area (Å²) < 4.78 is 5.44. The van der Waals surface area contributed by atoms with Crippen molar-refractivity contribution >= 4 is 23.3 Å². The second-order valence-corrected chi connectivity index (χ2v) is 6.22. The lowest BCUT2D eigenvalue weighted by molar-refractivity contribution is -0.120. The number of carbonyl (C=O) groups excluding carboxylic acids is 2. The highest BCUT2D eigenvalue weighted by molar-refractivity contribution is 5.97. The molecule has 7 nitrogen and oxygen atoms in total. The number of nitrogens with one attached hydrogen (secondary N) is 3. The van der Waals surface area contributed by atoms with Crippen LogP contribution in [-0.2, 0) is 9.53 Å². The summed E-state index contributed by atoms with van der Waals surface area (Å²) >= 11 is 0. The van der Waals surface area contributed by atoms with Gasteiger partial charge in [-0.1, -0.05) is 0 Å². The smallest absolute Gasteiger partial charge is 0.319 e. The Bertz CT molecular complexity index is 545. The summed E-state index contributed by atoms with van der Waals surface area (Å²) in [7, 11) is 0. The lowest BCUT2D eigenvalue weighted by Crippen LogP contribution is -2.45. The van der Waals surface area contributed by atoms with Gasteiger partial charge in [-0.25, -0.2) is 4.79 Å². The summed E-state index contributed by atoms with van der Waals surface area (Å²) in [6.45, 7) is 4.54. The van der Waals surface area contributed by atoms with Crippen LogP contribution in [0.1, 0.15) is 26.7 Å². The topological polar surface area (TPSA) is 105 Å². The van der Waals surface area contributed by atoms with Gasteiger partial charge in [-0.2, -0.15) is 0 Å². The minimum atomic E-state index is -0.945. The van der Waals surface area contributed by atoms with Crippen LogP contribution < -0.4 is 21.7 Å². The van der Waals surface area contributed by atoms with Gasteiger partial charge < -0.3 is 26.4 Å². The van der Waals surface area contributed by atoms with E-state index in [2.05, 4.69) is 16.0 Å². The van der Waals surface area contributed by atoms with Gasteiger partial charge in [0.05, 0.1) is 11.6 Å². The van der Waals surface area contributed by atoms with Gasteiger partial charge in [-0.05, 0) is 51.0 Å². The van der Waals surface area contributed by atoms with E-state index in [-0.39, 0.29) is 18.0 Å². The molecule has 126 valence electrons. The third-order valence-corrected chi connectivity index (χ3v) is 3.50. The number of carbonyl (C=O) groups is 2. The highest BCUT2D eigenvalue weighted by Gasteiger charge is 2.21. The van der Waals surface area contributed by atoms with Crippen molar-refractivity contribution in [3.8, 4) is 0 Å². The van der Waals surface area contributed by atoms with E-state index in [0.717, 1.165) is 19.4 Å². The number of urea groups is 1. The van der Waals surface area contributed by atoms with Crippen molar-refractivity contribution in [2.24, 2.45) is 5.73 Å². The van der Waals surface area contributed by atoms with Gasteiger partial charge in [0.15, 0.2) is 0 Å². The van der Waals surface area contributed by atoms with Crippen LogP contribution in [-0.4, -0.2) is 36.7 Å². The van der Waals surface area contributed by atoms with Crippen LogP contribution in [0.3, 0.4) is 0 Å². The molecule has 2 rings (SSSR count). The molecule has 5 N–H and O–H groups in total. The van der Waals surface area contributed by atoms with E-state index in [1.54, 1.807) is 38.1 Å². The molecule has 1 heterocycles. The Morgan fingerprint density at radius 2 is 1.83 bits per heavy atom. The van der Waals surface area contributed by atoms with E-state index >= 15 is 0 Å². The predicted octanol–water partition coefficient (Wildman–Crippen LogP) is 1.66. The molecule has 0 spiro atoms. The summed E-state index contributed by atoms with van der Waals surface area (Å²) in [5.74, 6) is -0.271. The Morgan fingerprint density at radius 3 is 2.35 bits per heavy atom. The van der Waals surface area contributed by atoms with E-state index in [4.69, 9.17) is 10.5 Å². The molecule has 0 saturated carbocycles. The zero-order chi connectivity index (χ0) is 16.9. The minimum Gasteiger partial charge on any atom is -0.376 e. The average Bonchev–Trinajstić information content (AvgIpc) is 2.99. The van der Waals surface area contributed by atoms with Crippen LogP contribution in [0.5, 0.6) is 0 Å². The molecule has 1 saturated heterocycles. The molecule has 7 heteroatoms. The summed E-state index contributed by atoms with van der Waals surface area (Å²) in [4.78, 5) is 23.6. The Kier molecular flexibility index (Phi) is 5.57. The highest BCUT2D eigenvalue weighted by atomic mass is 16.5. The van der Waals surface area contributed by atoms with Gasteiger partial charge in [0.1, 0.15) is 0 Å². The van der Waals surface area contributed by atoms with Gasteiger partial charge in [-0.15, -0.1) is 0 Å². The van der Waals surface area contributed by atoms with Crippen molar-refractivity contribution in [3.63, 3.8) is 0 Å². The standard InChI is InChI=1S/C16H24N4O3/c1-16(2,17)14(21)19-11-5-7-12(8-6-11)20-15(22)18-10-13-4-3-9-23-13/h5-8,13H,3-4,9-10,17H2,1-2H3,(H,19,21)(H2,18,20,22). The molecule has 0 aliphatic carbocycles. The lowest BCUT2D eigenvalue weighted by atomic mass is 10.1. The van der Waals surface area contributed by atoms with E-state index in [9.17, 15) is 9.59 Å². The third kappa shape index (κ3) is 5.54. The van der Waals surface area contributed by atoms with Gasteiger partial charge >= 0.3 is 6.03 Å². The van der Waals surface area contributed by atoms with Gasteiger partial charge in [0, 0.05) is 24.5 Å². The summed E-state index contributed by atoms with van der Waals surface area (Å²) in [6, 6.07) is 6.56. The zero-order valence-corrected chi connectivity index (χ0v) is 13.5. The maximum absolute atomic E-state index is 11.8. The van der Waals surface area contributed by atoms with Crippen molar-refractivity contribution in [2.75, 3.05) is 23.8 Å². The summed E-state index contributed by atoms with van der Waals surface area (Å²) in [6.07, 6.45) is 2.13. The second kappa shape index (κ2) is 7.43. The molecular formula is C16H24N4O3. The molecule has 1 aromatic rings. The van der Waals surface area contributed by atoms with Crippen molar-refractivity contribution < 1.29 is 14.3 Å². The number of ether oxygens (including phenoxy) is 1. The molecular weight excluding hydrogens is 296 g/mol. The van der Waals surface area contributed by atoms with Crippen LogP contribution in [0.4, 0.5) is 16.2 Å². The number of hydrogen-bond acceptors (Lipinski definition) is 4. The molecule has 0 radical (unpaired) electrons. The average molecular weight is 320 g/mol. The Labute approximate surface area is 136 Å². The molecule has 23 heavy (non-hydrogen) atoms. The molecule has 1 aliphatic heterocycles. The first-order valence-electron chi connectivity index (χ1n) is 7.71. The van der Waals surface area contributed by atoms with E-state index in [1.807, 2.05) is 0 Å². The number of anilines is 2. The van der Waals surface area contributed by atoms with Crippen LogP contribution in [0, 0.1) is 0 Å². The zero-order valence-electron chi connectivity index (χ0n) is 13.5. The van der Waals surface area contributed by atoms with Crippen molar-refractivity contribution in [2.45, 2.75) is 38.3 Å². The predicted molar refractivity (Wildman–Crippen MR) is 89.3 cm³/mol. The number of nitrogens with two attached hydrogens (primary N) is 1. The maximum atomic E-state index is 11.8. The van der Waals surface area contributed by atoms with Gasteiger partial charge in [-0.3, -0.25) is 4.79 Å². The monoisotopic (exact) mass is 320 g/mol. The summed E-state index contributed by atoms with van der Waals surface area (Å²) in [5.41, 5.74) is 6.04. The Balaban J connectivity index is 1.79. The first-order chi connectivity index (χ1) is 10.8. The molecule has 0 bridgehead atoms. The first-order valence-corrected chi connectivity index (χ1v) is 7.71. The molecule has 1 aliphatic rings. The molecule has 1 aromatic carbocycles. The summed E-state index contributed by atoms with van der Waals surface area (Å²) in [5, 5.41) is 8.23. The van der Waals surface area contributed by atoms with Crippen LogP contribution in [0.25, 0.3) is 0 Å². The normalized spacial score (nSPS) is 17.6. The van der Waals surface area contributed by atoms with Crippen molar-refractivity contribution in [1.29, 1.82) is 0 Å². The number of rotatable bonds is 5. The molecule has 3 amide bonds. The van der Waals surface area contributed by atoms with Crippen molar-refractivity contribution in [3.05, 3.63) is 24.3 Å². The van der Waals surface area contributed by atoms with E-state index in [1.165, 1.54) is 0 Å². The molecule has 1 atom stereocenters. The number of hydrogen-bond donors (Lipinski definition) is 4. The van der Waals surface area contributed by atoms with Crippen LogP contribution in [0.2, 0.25) is 0 Å². The SMILES string of the molecule is CC(C)(N)C(=O)Nc1ccc(NC(=O)NCC2CCCO2)cc1. The maximum Gasteiger partial charge on any atom is 0.319 e. The fourth-order valence-electron chi connectivity index (χ4n) is 2.12. The second-order valence-electron chi connectivity index (χ2n) is 6.22. The van der Waals surface area contributed by atoms with Gasteiger partial charge in [0.2, 0.25) is 5.91 Å². The lowest BCUT2D eigenvalue weighted by Gasteiger charge is -2.18.